The third-order valence-corrected chi connectivity index (χ3v) is 20.8. The predicted molar refractivity (Wildman–Crippen MR) is 215 cm³/mol. The molecule has 0 aromatic rings. The molecule has 0 bridgehead atoms. The van der Waals surface area contributed by atoms with E-state index in [2.05, 4.69) is 41.5 Å². The lowest BCUT2D eigenvalue weighted by atomic mass is 9.43. The van der Waals surface area contributed by atoms with Crippen LogP contribution in [0.4, 0.5) is 0 Å². The Morgan fingerprint density at radius 2 is 1.16 bits per heavy atom. The number of hydrogen-bond donors (Lipinski definition) is 5. The Balaban J connectivity index is 0.856. The standard InChI is InChI=1S/C48H78O8/c1-26(7-13-41(53)54)32-9-11-34-43-35(17-20-47(32,34)5)45(3)19-16-31(22-29(45)24-38(43)50)56-42(55)14-8-27(2)33-10-12-36-44-37(25-40(52)48(33,36)6)46(4)18-15-30(49)21-28(46)23-39(44)51/h26-40,43-44,49-52H,7-25H2,1-6H3,(H,53,54)/t26-,27-,28+,29?,30-,31-,32-,33-,34+,35+,36?,37?,38-,39-,40+,43+,44?,45+,46+,47-,48-/m1/s1. The summed E-state index contributed by atoms with van der Waals surface area (Å²) in [5, 5.41) is 55.3. The highest BCUT2D eigenvalue weighted by Gasteiger charge is 2.66. The van der Waals surface area contributed by atoms with Gasteiger partial charge in [0.2, 0.25) is 0 Å². The van der Waals surface area contributed by atoms with Gasteiger partial charge in [-0.2, -0.15) is 0 Å². The number of fused-ring (bicyclic) bond motifs is 10. The van der Waals surface area contributed by atoms with Gasteiger partial charge >= 0.3 is 11.9 Å². The zero-order chi connectivity index (χ0) is 40.1. The Labute approximate surface area is 337 Å². The Morgan fingerprint density at radius 3 is 1.88 bits per heavy atom. The quantitative estimate of drug-likeness (QED) is 0.147. The fraction of sp³-hybridized carbons (Fsp3) is 0.958. The highest BCUT2D eigenvalue weighted by atomic mass is 16.5. The van der Waals surface area contributed by atoms with Gasteiger partial charge in [-0.15, -0.1) is 0 Å². The first kappa shape index (κ1) is 41.5. The number of carboxylic acid groups (broad SMARTS) is 1. The van der Waals surface area contributed by atoms with Crippen LogP contribution >= 0.6 is 0 Å². The van der Waals surface area contributed by atoms with Crippen molar-refractivity contribution in [3.8, 4) is 0 Å². The van der Waals surface area contributed by atoms with E-state index in [4.69, 9.17) is 4.74 Å². The van der Waals surface area contributed by atoms with Crippen LogP contribution in [0, 0.1) is 92.7 Å². The molecule has 0 aromatic carbocycles. The summed E-state index contributed by atoms with van der Waals surface area (Å²) in [5.41, 5.74) is 0.104. The number of aliphatic carboxylic acids is 1. The Morgan fingerprint density at radius 1 is 0.607 bits per heavy atom. The second-order valence-corrected chi connectivity index (χ2v) is 22.9. The molecule has 8 nitrogen and oxygen atoms in total. The van der Waals surface area contributed by atoms with E-state index in [1.54, 1.807) is 0 Å². The smallest absolute Gasteiger partial charge is 0.306 e. The number of ether oxygens (including phenoxy) is 1. The number of aliphatic hydroxyl groups is 4. The molecule has 8 heteroatoms. The number of carboxylic acids is 1. The molecular weight excluding hydrogens is 705 g/mol. The molecule has 0 radical (unpaired) electrons. The zero-order valence-corrected chi connectivity index (χ0v) is 35.7. The summed E-state index contributed by atoms with van der Waals surface area (Å²) in [6, 6.07) is 0. The Hall–Kier alpha value is -1.22. The van der Waals surface area contributed by atoms with E-state index in [0.717, 1.165) is 109 Å². The van der Waals surface area contributed by atoms with E-state index < -0.39 is 12.1 Å². The fourth-order valence-electron chi connectivity index (χ4n) is 17.7. The third-order valence-electron chi connectivity index (χ3n) is 20.8. The fourth-order valence-corrected chi connectivity index (χ4v) is 17.7. The van der Waals surface area contributed by atoms with Crippen molar-refractivity contribution in [2.24, 2.45) is 92.7 Å². The number of esters is 1. The topological polar surface area (TPSA) is 145 Å². The van der Waals surface area contributed by atoms with Crippen molar-refractivity contribution in [3.05, 3.63) is 0 Å². The second-order valence-electron chi connectivity index (χ2n) is 22.9. The molecule has 8 fully saturated rings. The first-order valence-electron chi connectivity index (χ1n) is 23.5. The van der Waals surface area contributed by atoms with Crippen LogP contribution in [0.2, 0.25) is 0 Å². The number of aliphatic hydroxyl groups excluding tert-OH is 4. The maximum atomic E-state index is 13.5. The number of hydrogen-bond acceptors (Lipinski definition) is 7. The lowest BCUT2D eigenvalue weighted by Crippen LogP contribution is -2.62. The monoisotopic (exact) mass is 783 g/mol. The molecule has 0 spiro atoms. The van der Waals surface area contributed by atoms with Crippen molar-refractivity contribution in [1.29, 1.82) is 0 Å². The highest BCUT2D eigenvalue weighted by molar-refractivity contribution is 5.69. The number of carbonyl (C=O) groups is 2. The van der Waals surface area contributed by atoms with Gasteiger partial charge in [0.25, 0.3) is 0 Å². The van der Waals surface area contributed by atoms with Gasteiger partial charge in [0, 0.05) is 12.8 Å². The minimum absolute atomic E-state index is 0.0641. The molecule has 21 atom stereocenters. The SMILES string of the molecule is C[C@H](CCC(=O)O)[C@H]1CC[C@H]2[C@@H]3[C@H](O)CC4C[C@H](OC(=O)CC[C@@H](C)[C@H]5CCC6C7C(C[C@H](O)[C@@]65C)[C@@]5(C)CC[C@@H](O)C[C@H]5C[C@H]7O)CC[C@]4(C)[C@H]3CC[C@]12C. The minimum Gasteiger partial charge on any atom is -0.481 e. The number of rotatable bonds is 9. The van der Waals surface area contributed by atoms with Crippen molar-refractivity contribution in [1.82, 2.24) is 0 Å². The molecular formula is C48H78O8. The molecule has 318 valence electrons. The summed E-state index contributed by atoms with van der Waals surface area (Å²) >= 11 is 0. The summed E-state index contributed by atoms with van der Waals surface area (Å²) in [4.78, 5) is 24.9. The van der Waals surface area contributed by atoms with Gasteiger partial charge in [-0.1, -0.05) is 41.5 Å². The zero-order valence-electron chi connectivity index (χ0n) is 35.7. The summed E-state index contributed by atoms with van der Waals surface area (Å²) in [5.74, 6) is 3.37. The van der Waals surface area contributed by atoms with E-state index in [1.165, 1.54) is 0 Å². The Kier molecular flexibility index (Phi) is 11.2. The molecule has 8 aliphatic carbocycles. The molecule has 8 saturated carbocycles. The molecule has 56 heavy (non-hydrogen) atoms. The van der Waals surface area contributed by atoms with Gasteiger partial charge in [0.05, 0.1) is 24.4 Å². The molecule has 0 saturated heterocycles. The summed E-state index contributed by atoms with van der Waals surface area (Å²) in [6.45, 7) is 14.1. The van der Waals surface area contributed by atoms with Crippen molar-refractivity contribution < 1.29 is 39.9 Å². The van der Waals surface area contributed by atoms with Crippen LogP contribution in [0.3, 0.4) is 0 Å². The van der Waals surface area contributed by atoms with Crippen molar-refractivity contribution in [3.63, 3.8) is 0 Å². The van der Waals surface area contributed by atoms with Gasteiger partial charge in [0.1, 0.15) is 6.10 Å². The van der Waals surface area contributed by atoms with Crippen molar-refractivity contribution >= 4 is 11.9 Å². The van der Waals surface area contributed by atoms with Crippen LogP contribution in [0.25, 0.3) is 0 Å². The summed E-state index contributed by atoms with van der Waals surface area (Å²) in [7, 11) is 0. The predicted octanol–water partition coefficient (Wildman–Crippen LogP) is 8.41. The number of carbonyl (C=O) groups excluding carboxylic acids is 1. The van der Waals surface area contributed by atoms with Gasteiger partial charge in [-0.3, -0.25) is 9.59 Å². The molecule has 5 N–H and O–H groups in total. The normalized spacial score (nSPS) is 53.3. The molecule has 8 rings (SSSR count). The maximum Gasteiger partial charge on any atom is 0.306 e. The van der Waals surface area contributed by atoms with Crippen molar-refractivity contribution in [2.75, 3.05) is 0 Å². The molecule has 0 aliphatic heterocycles. The largest absolute Gasteiger partial charge is 0.481 e. The lowest BCUT2D eigenvalue weighted by molar-refractivity contribution is -0.207. The Bertz CT molecular complexity index is 1470. The summed E-state index contributed by atoms with van der Waals surface area (Å²) in [6.07, 6.45) is 14.9. The lowest BCUT2D eigenvalue weighted by Gasteiger charge is -2.63. The van der Waals surface area contributed by atoms with Gasteiger partial charge in [-0.05, 0) is 202 Å². The van der Waals surface area contributed by atoms with E-state index >= 15 is 0 Å². The van der Waals surface area contributed by atoms with Crippen LogP contribution in [-0.4, -0.2) is 68.0 Å². The van der Waals surface area contributed by atoms with Crippen molar-refractivity contribution in [2.45, 2.75) is 194 Å². The molecule has 8 aliphatic rings. The average Bonchev–Trinajstić information content (AvgIpc) is 3.69. The van der Waals surface area contributed by atoms with Crippen LogP contribution in [-0.2, 0) is 14.3 Å². The molecule has 0 aromatic heterocycles. The summed E-state index contributed by atoms with van der Waals surface area (Å²) < 4.78 is 6.28. The van der Waals surface area contributed by atoms with Crippen LogP contribution in [0.5, 0.6) is 0 Å². The molecule has 0 heterocycles. The van der Waals surface area contributed by atoms with E-state index in [9.17, 15) is 35.1 Å². The van der Waals surface area contributed by atoms with E-state index in [1.807, 2.05) is 0 Å². The third kappa shape index (κ3) is 6.57. The van der Waals surface area contributed by atoms with Crippen LogP contribution in [0.1, 0.15) is 164 Å². The minimum atomic E-state index is -0.705. The van der Waals surface area contributed by atoms with Crippen LogP contribution in [0.15, 0.2) is 0 Å². The molecule has 4 unspecified atom stereocenters. The van der Waals surface area contributed by atoms with E-state index in [-0.39, 0.29) is 82.1 Å². The first-order valence-corrected chi connectivity index (χ1v) is 23.5. The highest BCUT2D eigenvalue weighted by Crippen LogP contribution is 2.70. The van der Waals surface area contributed by atoms with Gasteiger partial charge in [-0.25, -0.2) is 0 Å². The average molecular weight is 783 g/mol. The first-order chi connectivity index (χ1) is 26.4. The molecule has 0 amide bonds. The second kappa shape index (κ2) is 15.0. The maximum absolute atomic E-state index is 13.5. The van der Waals surface area contributed by atoms with Gasteiger partial charge < -0.3 is 30.3 Å². The van der Waals surface area contributed by atoms with E-state index in [0.29, 0.717) is 53.8 Å². The van der Waals surface area contributed by atoms with Gasteiger partial charge in [0.15, 0.2) is 0 Å². The van der Waals surface area contributed by atoms with Crippen LogP contribution < -0.4 is 0 Å².